The summed E-state index contributed by atoms with van der Waals surface area (Å²) in [5.74, 6) is -1.22. The number of rotatable bonds is 8. The van der Waals surface area contributed by atoms with Crippen LogP contribution >= 0.6 is 15.9 Å². The second-order valence-corrected chi connectivity index (χ2v) is 4.96. The summed E-state index contributed by atoms with van der Waals surface area (Å²) < 4.78 is 4.40. The minimum Gasteiger partial charge on any atom is -0.464 e. The Hall–Kier alpha value is -0.330. The quantitative estimate of drug-likeness (QED) is 0.170. The van der Waals surface area contributed by atoms with Crippen LogP contribution in [0.15, 0.2) is 0 Å². The molecule has 0 fully saturated rings. The fourth-order valence-corrected chi connectivity index (χ4v) is 1.64. The van der Waals surface area contributed by atoms with E-state index >= 15 is 0 Å². The van der Waals surface area contributed by atoms with E-state index in [2.05, 4.69) is 20.7 Å². The summed E-state index contributed by atoms with van der Waals surface area (Å²) in [6, 6.07) is 0. The van der Waals surface area contributed by atoms with Gasteiger partial charge < -0.3 is 40.5 Å². The van der Waals surface area contributed by atoms with Crippen LogP contribution < -0.4 is 0 Å². The van der Waals surface area contributed by atoms with Gasteiger partial charge in [0.05, 0.1) is 6.61 Å². The maximum absolute atomic E-state index is 11.1. The van der Waals surface area contributed by atoms with Gasteiger partial charge in [-0.05, 0) is 6.92 Å². The Bertz CT molecular complexity index is 300. The van der Waals surface area contributed by atoms with E-state index in [1.807, 2.05) is 0 Å². The Morgan fingerprint density at radius 2 is 1.30 bits per heavy atom. The third-order valence-electron chi connectivity index (χ3n) is 2.53. The summed E-state index contributed by atoms with van der Waals surface area (Å²) in [5, 5.41) is 64.0. The molecule has 0 heterocycles. The van der Waals surface area contributed by atoms with Crippen LogP contribution in [0.2, 0.25) is 0 Å². The molecule has 7 unspecified atom stereocenters. The third-order valence-corrected chi connectivity index (χ3v) is 3.07. The molecule has 20 heavy (non-hydrogen) atoms. The highest BCUT2D eigenvalue weighted by Gasteiger charge is 2.40. The zero-order valence-corrected chi connectivity index (χ0v) is 12.2. The van der Waals surface area contributed by atoms with Crippen LogP contribution in [-0.2, 0) is 9.53 Å². The Morgan fingerprint density at radius 1 is 0.900 bits per heavy atom. The number of carbonyl (C=O) groups is 1. The molecule has 0 radical (unpaired) electrons. The van der Waals surface area contributed by atoms with E-state index in [1.165, 1.54) is 6.92 Å². The first kappa shape index (κ1) is 19.7. The van der Waals surface area contributed by atoms with Crippen LogP contribution in [0, 0.1) is 0 Å². The fourth-order valence-electron chi connectivity index (χ4n) is 1.32. The van der Waals surface area contributed by atoms with Gasteiger partial charge in [0, 0.05) is 0 Å². The van der Waals surface area contributed by atoms with Crippen molar-refractivity contribution < 1.29 is 45.3 Å². The highest BCUT2D eigenvalue weighted by Crippen LogP contribution is 2.15. The maximum atomic E-state index is 11.1. The fraction of sp³-hybridized carbons (Fsp3) is 0.900. The molecule has 7 N–H and O–H groups in total. The van der Waals surface area contributed by atoms with Crippen molar-refractivity contribution in [3.05, 3.63) is 0 Å². The third kappa shape index (κ3) is 5.22. The van der Waals surface area contributed by atoms with Crippen molar-refractivity contribution in [1.82, 2.24) is 0 Å². The molecule has 0 aromatic carbocycles. The Kier molecular flexibility index (Phi) is 8.70. The van der Waals surface area contributed by atoms with Crippen LogP contribution in [0.5, 0.6) is 0 Å². The number of aliphatic hydroxyl groups excluding tert-OH is 7. The molecule has 0 saturated carbocycles. The van der Waals surface area contributed by atoms with Crippen molar-refractivity contribution in [2.45, 2.75) is 48.6 Å². The summed E-state index contributed by atoms with van der Waals surface area (Å²) in [7, 11) is 0. The standard InChI is InChI=1S/C10H19BrO9/c1-2-20-10(19)8(17)6(15)4(13)3(12)5(14)7(16)9(11)18/h3-9,12-18H,2H2,1H3. The van der Waals surface area contributed by atoms with E-state index in [1.54, 1.807) is 0 Å². The average molecular weight is 363 g/mol. The number of hydrogen-bond acceptors (Lipinski definition) is 9. The first-order chi connectivity index (χ1) is 9.14. The highest BCUT2D eigenvalue weighted by atomic mass is 79.9. The van der Waals surface area contributed by atoms with Crippen LogP contribution in [0.3, 0.4) is 0 Å². The van der Waals surface area contributed by atoms with Crippen molar-refractivity contribution in [1.29, 1.82) is 0 Å². The summed E-state index contributed by atoms with van der Waals surface area (Å²) in [6.45, 7) is 1.39. The first-order valence-corrected chi connectivity index (χ1v) is 6.63. The van der Waals surface area contributed by atoms with Gasteiger partial charge in [0.25, 0.3) is 0 Å². The van der Waals surface area contributed by atoms with Crippen molar-refractivity contribution in [2.24, 2.45) is 0 Å². The molecule has 9 nitrogen and oxygen atoms in total. The second kappa shape index (κ2) is 8.85. The average Bonchev–Trinajstić information content (AvgIpc) is 2.42. The lowest BCUT2D eigenvalue weighted by atomic mass is 9.96. The molecular formula is C10H19BrO9. The van der Waals surface area contributed by atoms with Gasteiger partial charge in [-0.2, -0.15) is 0 Å². The molecule has 0 amide bonds. The van der Waals surface area contributed by atoms with Crippen LogP contribution in [0.25, 0.3) is 0 Å². The van der Waals surface area contributed by atoms with Gasteiger partial charge in [0.15, 0.2) is 6.10 Å². The Balaban J connectivity index is 4.71. The van der Waals surface area contributed by atoms with E-state index in [0.717, 1.165) is 0 Å². The smallest absolute Gasteiger partial charge is 0.337 e. The maximum Gasteiger partial charge on any atom is 0.337 e. The number of ether oxygens (including phenoxy) is 1. The molecule has 0 aliphatic heterocycles. The zero-order valence-electron chi connectivity index (χ0n) is 10.6. The van der Waals surface area contributed by atoms with E-state index in [0.29, 0.717) is 0 Å². The Labute approximate surface area is 123 Å². The molecule has 0 aliphatic rings. The lowest BCUT2D eigenvalue weighted by molar-refractivity contribution is -0.179. The largest absolute Gasteiger partial charge is 0.464 e. The number of esters is 1. The number of hydrogen-bond donors (Lipinski definition) is 7. The minimum absolute atomic E-state index is 0.0711. The summed E-state index contributed by atoms with van der Waals surface area (Å²) in [4.78, 5) is 11.1. The van der Waals surface area contributed by atoms with Gasteiger partial charge in [-0.1, -0.05) is 15.9 Å². The topological polar surface area (TPSA) is 168 Å². The molecule has 0 spiro atoms. The number of alkyl halides is 1. The molecule has 0 saturated heterocycles. The molecule has 0 aromatic rings. The molecule has 0 bridgehead atoms. The van der Waals surface area contributed by atoms with E-state index in [-0.39, 0.29) is 6.61 Å². The first-order valence-electron chi connectivity index (χ1n) is 5.72. The van der Waals surface area contributed by atoms with E-state index in [9.17, 15) is 35.4 Å². The van der Waals surface area contributed by atoms with Crippen molar-refractivity contribution in [3.8, 4) is 0 Å². The molecule has 0 aromatic heterocycles. The minimum atomic E-state index is -2.16. The summed E-state index contributed by atoms with van der Waals surface area (Å²) >= 11 is 2.53. The Morgan fingerprint density at radius 3 is 1.70 bits per heavy atom. The van der Waals surface area contributed by atoms with Crippen molar-refractivity contribution in [3.63, 3.8) is 0 Å². The molecule has 0 aliphatic carbocycles. The summed E-state index contributed by atoms with van der Waals surface area (Å²) in [5.41, 5.74) is 0. The van der Waals surface area contributed by atoms with Gasteiger partial charge in [0.1, 0.15) is 35.5 Å². The predicted octanol–water partition coefficient (Wildman–Crippen LogP) is -3.57. The normalized spacial score (nSPS) is 22.2. The molecular weight excluding hydrogens is 344 g/mol. The number of halogens is 1. The van der Waals surface area contributed by atoms with E-state index in [4.69, 9.17) is 5.11 Å². The lowest BCUT2D eigenvalue weighted by Gasteiger charge is -2.30. The predicted molar refractivity (Wildman–Crippen MR) is 67.6 cm³/mol. The van der Waals surface area contributed by atoms with Gasteiger partial charge >= 0.3 is 5.97 Å². The SMILES string of the molecule is CCOC(=O)C(O)C(O)C(O)C(O)C(O)C(O)C(O)Br. The number of aliphatic hydroxyl groups is 7. The van der Waals surface area contributed by atoms with Crippen LogP contribution in [0.1, 0.15) is 6.92 Å². The van der Waals surface area contributed by atoms with Gasteiger partial charge in [-0.3, -0.25) is 0 Å². The van der Waals surface area contributed by atoms with Crippen LogP contribution in [0.4, 0.5) is 0 Å². The van der Waals surface area contributed by atoms with Gasteiger partial charge in [0.2, 0.25) is 0 Å². The van der Waals surface area contributed by atoms with Crippen molar-refractivity contribution in [2.75, 3.05) is 6.61 Å². The lowest BCUT2D eigenvalue weighted by Crippen LogP contribution is -2.55. The van der Waals surface area contributed by atoms with E-state index < -0.39 is 47.6 Å². The summed E-state index contributed by atoms with van der Waals surface area (Å²) in [6.07, 6.45) is -12.5. The molecule has 7 atom stereocenters. The molecule has 10 heteroatoms. The molecule has 120 valence electrons. The zero-order chi connectivity index (χ0) is 16.0. The van der Waals surface area contributed by atoms with Gasteiger partial charge in [-0.25, -0.2) is 4.79 Å². The van der Waals surface area contributed by atoms with Crippen LogP contribution in [-0.4, -0.2) is 90.0 Å². The van der Waals surface area contributed by atoms with Gasteiger partial charge in [-0.15, -0.1) is 0 Å². The highest BCUT2D eigenvalue weighted by molar-refractivity contribution is 9.09. The number of carbonyl (C=O) groups excluding carboxylic acids is 1. The van der Waals surface area contributed by atoms with Crippen molar-refractivity contribution >= 4 is 21.9 Å². The molecule has 0 rings (SSSR count). The second-order valence-electron chi connectivity index (χ2n) is 4.02. The monoisotopic (exact) mass is 362 g/mol.